The molecule has 1 aliphatic carbocycles. The van der Waals surface area contributed by atoms with E-state index in [0.717, 1.165) is 16.7 Å². The molecule has 3 aromatic rings. The van der Waals surface area contributed by atoms with E-state index in [9.17, 15) is 22.8 Å². The van der Waals surface area contributed by atoms with Crippen LogP contribution in [-0.4, -0.2) is 42.7 Å². The SMILES string of the molecule is O=C(NCCS(=O)(=O)O)c1ccc(-c2ccc3c(c2)C(=O)C(=O)c2ccccc2-3)cc1. The molecule has 0 aromatic heterocycles. The largest absolute Gasteiger partial charge is 0.351 e. The summed E-state index contributed by atoms with van der Waals surface area (Å²) in [5.74, 6) is -2.12. The Hall–Kier alpha value is -3.62. The van der Waals surface area contributed by atoms with Gasteiger partial charge >= 0.3 is 0 Å². The van der Waals surface area contributed by atoms with Crippen LogP contribution in [0.15, 0.2) is 66.7 Å². The zero-order chi connectivity index (χ0) is 22.2. The molecule has 0 heterocycles. The minimum atomic E-state index is -4.15. The molecule has 2 N–H and O–H groups in total. The van der Waals surface area contributed by atoms with Crippen molar-refractivity contribution in [1.29, 1.82) is 0 Å². The summed E-state index contributed by atoms with van der Waals surface area (Å²) in [4.78, 5) is 37.2. The number of hydrogen-bond donors (Lipinski definition) is 2. The fourth-order valence-electron chi connectivity index (χ4n) is 3.52. The number of rotatable bonds is 5. The molecule has 0 saturated heterocycles. The molecule has 0 spiro atoms. The van der Waals surface area contributed by atoms with Crippen LogP contribution in [0.2, 0.25) is 0 Å². The van der Waals surface area contributed by atoms with Crippen LogP contribution in [0.4, 0.5) is 0 Å². The molecular weight excluding hydrogens is 418 g/mol. The first-order valence-electron chi connectivity index (χ1n) is 9.41. The van der Waals surface area contributed by atoms with Gasteiger partial charge in [0.05, 0.1) is 5.75 Å². The molecule has 0 bridgehead atoms. The molecule has 0 aliphatic heterocycles. The molecule has 0 saturated carbocycles. The normalized spacial score (nSPS) is 12.8. The van der Waals surface area contributed by atoms with Gasteiger partial charge in [0, 0.05) is 23.2 Å². The van der Waals surface area contributed by atoms with Gasteiger partial charge in [0.2, 0.25) is 11.6 Å². The van der Waals surface area contributed by atoms with Gasteiger partial charge in [-0.2, -0.15) is 8.42 Å². The maximum absolute atomic E-state index is 12.6. The highest BCUT2D eigenvalue weighted by Gasteiger charge is 2.30. The van der Waals surface area contributed by atoms with Gasteiger partial charge < -0.3 is 5.32 Å². The van der Waals surface area contributed by atoms with Crippen molar-refractivity contribution in [2.45, 2.75) is 0 Å². The monoisotopic (exact) mass is 435 g/mol. The molecule has 3 aromatic carbocycles. The van der Waals surface area contributed by atoms with Gasteiger partial charge in [0.15, 0.2) is 0 Å². The summed E-state index contributed by atoms with van der Waals surface area (Å²) in [6.45, 7) is -0.206. The van der Waals surface area contributed by atoms with E-state index in [0.29, 0.717) is 22.3 Å². The molecule has 0 atom stereocenters. The highest BCUT2D eigenvalue weighted by Crippen LogP contribution is 2.35. The average Bonchev–Trinajstić information content (AvgIpc) is 2.76. The maximum Gasteiger partial charge on any atom is 0.266 e. The van der Waals surface area contributed by atoms with Gasteiger partial charge in [-0.25, -0.2) is 0 Å². The van der Waals surface area contributed by atoms with Crippen LogP contribution >= 0.6 is 0 Å². The number of benzene rings is 3. The third-order valence-corrected chi connectivity index (χ3v) is 5.78. The fourth-order valence-corrected chi connectivity index (χ4v) is 3.88. The predicted octanol–water partition coefficient (Wildman–Crippen LogP) is 3.02. The Morgan fingerprint density at radius 2 is 1.35 bits per heavy atom. The summed E-state index contributed by atoms with van der Waals surface area (Å²) in [7, 11) is -4.15. The van der Waals surface area contributed by atoms with Crippen molar-refractivity contribution in [3.63, 3.8) is 0 Å². The number of Topliss-reactive ketones (excluding diaryl/α,β-unsaturated/α-hetero) is 2. The van der Waals surface area contributed by atoms with Crippen LogP contribution in [0, 0.1) is 0 Å². The lowest BCUT2D eigenvalue weighted by Gasteiger charge is -2.18. The molecular formula is C23H17NO6S. The molecule has 8 heteroatoms. The summed E-state index contributed by atoms with van der Waals surface area (Å²) in [5, 5.41) is 2.42. The summed E-state index contributed by atoms with van der Waals surface area (Å²) in [6.07, 6.45) is 0. The van der Waals surface area contributed by atoms with E-state index < -0.39 is 33.3 Å². The molecule has 156 valence electrons. The number of fused-ring (bicyclic) bond motifs is 3. The Kier molecular flexibility index (Phi) is 5.26. The van der Waals surface area contributed by atoms with Gasteiger partial charge in [0.25, 0.3) is 16.0 Å². The molecule has 1 aliphatic rings. The number of carbonyl (C=O) groups excluding carboxylic acids is 3. The molecule has 0 fully saturated rings. The van der Waals surface area contributed by atoms with Crippen LogP contribution in [-0.2, 0) is 10.1 Å². The molecule has 1 amide bonds. The minimum Gasteiger partial charge on any atom is -0.351 e. The van der Waals surface area contributed by atoms with Crippen LogP contribution in [0.1, 0.15) is 31.1 Å². The maximum atomic E-state index is 12.6. The van der Waals surface area contributed by atoms with Gasteiger partial charge in [-0.15, -0.1) is 0 Å². The molecule has 31 heavy (non-hydrogen) atoms. The fraction of sp³-hybridized carbons (Fsp3) is 0.0870. The van der Waals surface area contributed by atoms with Crippen LogP contribution < -0.4 is 5.32 Å². The molecule has 0 unspecified atom stereocenters. The van der Waals surface area contributed by atoms with Gasteiger partial charge in [0.1, 0.15) is 0 Å². The second-order valence-electron chi connectivity index (χ2n) is 7.08. The van der Waals surface area contributed by atoms with Crippen molar-refractivity contribution in [3.05, 3.63) is 83.4 Å². The number of carbonyl (C=O) groups is 3. The van der Waals surface area contributed by atoms with E-state index in [-0.39, 0.29) is 6.54 Å². The van der Waals surface area contributed by atoms with E-state index in [2.05, 4.69) is 5.32 Å². The number of nitrogens with one attached hydrogen (secondary N) is 1. The Balaban J connectivity index is 1.59. The van der Waals surface area contributed by atoms with Crippen molar-refractivity contribution < 1.29 is 27.4 Å². The van der Waals surface area contributed by atoms with E-state index >= 15 is 0 Å². The molecule has 4 rings (SSSR count). The highest BCUT2D eigenvalue weighted by atomic mass is 32.2. The Morgan fingerprint density at radius 1 is 0.774 bits per heavy atom. The van der Waals surface area contributed by atoms with Crippen molar-refractivity contribution in [2.24, 2.45) is 0 Å². The average molecular weight is 435 g/mol. The van der Waals surface area contributed by atoms with E-state index in [4.69, 9.17) is 4.55 Å². The minimum absolute atomic E-state index is 0.206. The van der Waals surface area contributed by atoms with Crippen molar-refractivity contribution in [2.75, 3.05) is 12.3 Å². The number of hydrogen-bond acceptors (Lipinski definition) is 5. The number of ketones is 2. The molecule has 7 nitrogen and oxygen atoms in total. The Labute approximate surface area is 178 Å². The Morgan fingerprint density at radius 3 is 2.03 bits per heavy atom. The second-order valence-corrected chi connectivity index (χ2v) is 8.66. The second kappa shape index (κ2) is 7.90. The van der Waals surface area contributed by atoms with E-state index in [1.165, 1.54) is 0 Å². The molecule has 0 radical (unpaired) electrons. The van der Waals surface area contributed by atoms with Crippen LogP contribution in [0.5, 0.6) is 0 Å². The topological polar surface area (TPSA) is 118 Å². The van der Waals surface area contributed by atoms with Gasteiger partial charge in [-0.1, -0.05) is 48.5 Å². The van der Waals surface area contributed by atoms with Crippen molar-refractivity contribution in [3.8, 4) is 22.3 Å². The lowest BCUT2D eigenvalue weighted by atomic mass is 9.82. The first-order chi connectivity index (χ1) is 14.7. The zero-order valence-corrected chi connectivity index (χ0v) is 17.0. The van der Waals surface area contributed by atoms with E-state index in [1.54, 1.807) is 42.5 Å². The third-order valence-electron chi connectivity index (χ3n) is 5.06. The highest BCUT2D eigenvalue weighted by molar-refractivity contribution is 7.85. The van der Waals surface area contributed by atoms with Crippen LogP contribution in [0.3, 0.4) is 0 Å². The summed E-state index contributed by atoms with van der Waals surface area (Å²) in [6, 6.07) is 18.9. The van der Waals surface area contributed by atoms with Crippen molar-refractivity contribution in [1.82, 2.24) is 5.32 Å². The number of amides is 1. The summed E-state index contributed by atoms with van der Waals surface area (Å²) >= 11 is 0. The first kappa shape index (κ1) is 20.6. The zero-order valence-electron chi connectivity index (χ0n) is 16.2. The lowest BCUT2D eigenvalue weighted by Crippen LogP contribution is -2.28. The summed E-state index contributed by atoms with van der Waals surface area (Å²) < 4.78 is 30.2. The van der Waals surface area contributed by atoms with Gasteiger partial charge in [-0.05, 0) is 40.5 Å². The predicted molar refractivity (Wildman–Crippen MR) is 115 cm³/mol. The van der Waals surface area contributed by atoms with Gasteiger partial charge in [-0.3, -0.25) is 18.9 Å². The first-order valence-corrected chi connectivity index (χ1v) is 11.0. The Bertz CT molecular complexity index is 1330. The standard InChI is InChI=1S/C23H17NO6S/c25-21-19-4-2-1-3-17(19)18-10-9-16(13-20(18)22(21)26)14-5-7-15(8-6-14)23(27)24-11-12-31(28,29)30/h1-10,13H,11-12H2,(H,24,27)(H,28,29,30). The van der Waals surface area contributed by atoms with E-state index in [1.807, 2.05) is 24.3 Å². The third kappa shape index (κ3) is 4.16. The summed E-state index contributed by atoms with van der Waals surface area (Å²) in [5.41, 5.74) is 3.96. The quantitative estimate of drug-likeness (QED) is 0.470. The van der Waals surface area contributed by atoms with Crippen molar-refractivity contribution >= 4 is 27.6 Å². The van der Waals surface area contributed by atoms with Crippen LogP contribution in [0.25, 0.3) is 22.3 Å². The lowest BCUT2D eigenvalue weighted by molar-refractivity contribution is 0.0815. The smallest absolute Gasteiger partial charge is 0.266 e.